The zero-order valence-electron chi connectivity index (χ0n) is 11.8. The van der Waals surface area contributed by atoms with Crippen LogP contribution >= 0.6 is 0 Å². The molecule has 1 heterocycles. The van der Waals surface area contributed by atoms with Crippen molar-refractivity contribution in [3.05, 3.63) is 34.9 Å². The third kappa shape index (κ3) is 1.81. The largest absolute Gasteiger partial charge is 0.297 e. The molecule has 1 unspecified atom stereocenters. The molecule has 0 bridgehead atoms. The van der Waals surface area contributed by atoms with Gasteiger partial charge in [0.1, 0.15) is 0 Å². The molecule has 0 N–H and O–H groups in total. The van der Waals surface area contributed by atoms with Crippen molar-refractivity contribution in [3.63, 3.8) is 0 Å². The number of likely N-dealkylation sites (N-methyl/N-ethyl adjacent to an activating group) is 1. The third-order valence-corrected chi connectivity index (χ3v) is 4.71. The molecule has 17 heavy (non-hydrogen) atoms. The van der Waals surface area contributed by atoms with Gasteiger partial charge >= 0.3 is 0 Å². The van der Waals surface area contributed by atoms with Crippen LogP contribution in [0.25, 0.3) is 0 Å². The molecule has 1 nitrogen and oxygen atoms in total. The first-order valence-corrected chi connectivity index (χ1v) is 6.77. The minimum atomic E-state index is 0.311. The molecule has 1 saturated heterocycles. The lowest BCUT2D eigenvalue weighted by Crippen LogP contribution is -2.41. The summed E-state index contributed by atoms with van der Waals surface area (Å²) < 4.78 is 0. The van der Waals surface area contributed by atoms with Crippen molar-refractivity contribution in [3.8, 4) is 0 Å². The van der Waals surface area contributed by atoms with Crippen molar-refractivity contribution in [2.24, 2.45) is 0 Å². The molecule has 0 radical (unpaired) electrons. The first kappa shape index (κ1) is 12.6. The average molecular weight is 231 g/mol. The van der Waals surface area contributed by atoms with E-state index >= 15 is 0 Å². The molecule has 2 aliphatic rings. The maximum absolute atomic E-state index is 4.25. The summed E-state index contributed by atoms with van der Waals surface area (Å²) in [6.07, 6.45) is 7.39. The summed E-state index contributed by atoms with van der Waals surface area (Å²) in [5, 5.41) is 0. The number of allylic oxidation sites excluding steroid dienone is 3. The smallest absolute Gasteiger partial charge is 0.0466 e. The van der Waals surface area contributed by atoms with E-state index < -0.39 is 0 Å². The van der Waals surface area contributed by atoms with Crippen molar-refractivity contribution in [2.45, 2.75) is 52.0 Å². The fraction of sp³-hybridized carbons (Fsp3) is 0.625. The van der Waals surface area contributed by atoms with Gasteiger partial charge in [-0.3, -0.25) is 4.90 Å². The molecule has 1 fully saturated rings. The van der Waals surface area contributed by atoms with Gasteiger partial charge in [0.2, 0.25) is 0 Å². The zero-order chi connectivity index (χ0) is 12.6. The van der Waals surface area contributed by atoms with Gasteiger partial charge < -0.3 is 0 Å². The van der Waals surface area contributed by atoms with Crippen LogP contribution in [0.5, 0.6) is 0 Å². The minimum Gasteiger partial charge on any atom is -0.297 e. The van der Waals surface area contributed by atoms with E-state index in [2.05, 4.69) is 45.4 Å². The molecule has 2 rings (SSSR count). The van der Waals surface area contributed by atoms with Gasteiger partial charge in [0.25, 0.3) is 0 Å². The van der Waals surface area contributed by atoms with Crippen LogP contribution in [0.15, 0.2) is 34.9 Å². The van der Waals surface area contributed by atoms with Crippen molar-refractivity contribution >= 4 is 0 Å². The Morgan fingerprint density at radius 1 is 1.35 bits per heavy atom. The summed E-state index contributed by atoms with van der Waals surface area (Å²) in [5.74, 6) is 0. The second kappa shape index (κ2) is 4.45. The Balaban J connectivity index is 2.52. The predicted octanol–water partition coefficient (Wildman–Crippen LogP) is 4.08. The topological polar surface area (TPSA) is 3.24 Å². The van der Waals surface area contributed by atoms with Gasteiger partial charge in [-0.25, -0.2) is 0 Å². The molecule has 94 valence electrons. The predicted molar refractivity (Wildman–Crippen MR) is 75.1 cm³/mol. The Labute approximate surface area is 106 Å². The Bertz CT molecular complexity index is 400. The maximum Gasteiger partial charge on any atom is 0.0466 e. The van der Waals surface area contributed by atoms with Crippen LogP contribution in [0.4, 0.5) is 0 Å². The standard InChI is InChI=1S/C16H25N/c1-6-13(4)14-8-10-16(15(14)12(2)3)9-7-11-17(16)5/h6H,2,7-11H2,1,3-5H3. The molecule has 1 aliphatic carbocycles. The lowest BCUT2D eigenvalue weighted by molar-refractivity contribution is 0.216. The van der Waals surface area contributed by atoms with E-state index in [0.29, 0.717) is 5.54 Å². The highest BCUT2D eigenvalue weighted by Crippen LogP contribution is 2.50. The molecule has 0 amide bonds. The van der Waals surface area contributed by atoms with Gasteiger partial charge in [-0.1, -0.05) is 23.8 Å². The van der Waals surface area contributed by atoms with E-state index in [1.165, 1.54) is 43.4 Å². The molecule has 1 heteroatoms. The minimum absolute atomic E-state index is 0.311. The lowest BCUT2D eigenvalue weighted by Gasteiger charge is -2.36. The normalized spacial score (nSPS) is 30.7. The number of rotatable bonds is 2. The summed E-state index contributed by atoms with van der Waals surface area (Å²) in [7, 11) is 2.28. The van der Waals surface area contributed by atoms with E-state index in [9.17, 15) is 0 Å². The fourth-order valence-electron chi connectivity index (χ4n) is 3.73. The molecule has 0 aromatic heterocycles. The Morgan fingerprint density at radius 3 is 2.53 bits per heavy atom. The second-order valence-corrected chi connectivity index (χ2v) is 5.66. The van der Waals surface area contributed by atoms with E-state index in [1.807, 2.05) is 0 Å². The first-order chi connectivity index (χ1) is 8.03. The van der Waals surface area contributed by atoms with Crippen molar-refractivity contribution in [2.75, 3.05) is 13.6 Å². The van der Waals surface area contributed by atoms with E-state index in [4.69, 9.17) is 0 Å². The summed E-state index contributed by atoms with van der Waals surface area (Å²) in [5.41, 5.74) is 6.14. The number of nitrogens with zero attached hydrogens (tertiary/aromatic N) is 1. The Kier molecular flexibility index (Phi) is 3.31. The summed E-state index contributed by atoms with van der Waals surface area (Å²) in [4.78, 5) is 2.56. The van der Waals surface area contributed by atoms with E-state index in [-0.39, 0.29) is 0 Å². The van der Waals surface area contributed by atoms with Crippen LogP contribution in [-0.4, -0.2) is 24.0 Å². The van der Waals surface area contributed by atoms with Gasteiger partial charge in [-0.2, -0.15) is 0 Å². The second-order valence-electron chi connectivity index (χ2n) is 5.66. The highest BCUT2D eigenvalue weighted by Gasteiger charge is 2.46. The monoisotopic (exact) mass is 231 g/mol. The SMILES string of the molecule is C=C(C)C1=C(C(C)=CC)CCC12CCCN2C. The average Bonchev–Trinajstić information content (AvgIpc) is 2.84. The van der Waals surface area contributed by atoms with Crippen LogP contribution in [0.1, 0.15) is 46.5 Å². The third-order valence-electron chi connectivity index (χ3n) is 4.71. The van der Waals surface area contributed by atoms with Crippen LogP contribution in [0.2, 0.25) is 0 Å². The first-order valence-electron chi connectivity index (χ1n) is 6.77. The number of likely N-dealkylation sites (tertiary alicyclic amines) is 1. The number of hydrogen-bond donors (Lipinski definition) is 0. The summed E-state index contributed by atoms with van der Waals surface area (Å²) in [6.45, 7) is 12.0. The van der Waals surface area contributed by atoms with Crippen molar-refractivity contribution in [1.29, 1.82) is 0 Å². The maximum atomic E-state index is 4.25. The molecule has 0 aromatic rings. The van der Waals surface area contributed by atoms with Crippen molar-refractivity contribution < 1.29 is 0 Å². The summed E-state index contributed by atoms with van der Waals surface area (Å²) >= 11 is 0. The van der Waals surface area contributed by atoms with Gasteiger partial charge in [0, 0.05) is 5.54 Å². The highest BCUT2D eigenvalue weighted by atomic mass is 15.2. The Morgan fingerprint density at radius 2 is 2.06 bits per heavy atom. The van der Waals surface area contributed by atoms with Crippen LogP contribution in [0.3, 0.4) is 0 Å². The van der Waals surface area contributed by atoms with Crippen LogP contribution in [-0.2, 0) is 0 Å². The molecule has 0 saturated carbocycles. The highest BCUT2D eigenvalue weighted by molar-refractivity contribution is 5.52. The fourth-order valence-corrected chi connectivity index (χ4v) is 3.73. The van der Waals surface area contributed by atoms with E-state index in [0.717, 1.165) is 0 Å². The lowest BCUT2D eigenvalue weighted by atomic mass is 9.84. The molecular formula is C16H25N. The van der Waals surface area contributed by atoms with Crippen molar-refractivity contribution in [1.82, 2.24) is 4.90 Å². The van der Waals surface area contributed by atoms with Crippen LogP contribution < -0.4 is 0 Å². The van der Waals surface area contributed by atoms with Gasteiger partial charge in [0.05, 0.1) is 0 Å². The zero-order valence-corrected chi connectivity index (χ0v) is 11.8. The van der Waals surface area contributed by atoms with Crippen LogP contribution in [0, 0.1) is 0 Å². The molecule has 1 spiro atoms. The Hall–Kier alpha value is -0.820. The molecular weight excluding hydrogens is 206 g/mol. The number of hydrogen-bond acceptors (Lipinski definition) is 1. The quantitative estimate of drug-likeness (QED) is 0.692. The van der Waals surface area contributed by atoms with Gasteiger partial charge in [-0.15, -0.1) is 0 Å². The molecule has 0 aromatic carbocycles. The molecule has 1 aliphatic heterocycles. The van der Waals surface area contributed by atoms with E-state index in [1.54, 1.807) is 11.1 Å². The van der Waals surface area contributed by atoms with Gasteiger partial charge in [0.15, 0.2) is 0 Å². The summed E-state index contributed by atoms with van der Waals surface area (Å²) in [6, 6.07) is 0. The molecule has 1 atom stereocenters. The van der Waals surface area contributed by atoms with Gasteiger partial charge in [-0.05, 0) is 71.2 Å².